The molecule has 0 saturated heterocycles. The van der Waals surface area contributed by atoms with E-state index in [1.807, 2.05) is 31.6 Å². The van der Waals surface area contributed by atoms with Gasteiger partial charge in [-0.05, 0) is 41.0 Å². The molecule has 126 valence electrons. The van der Waals surface area contributed by atoms with Gasteiger partial charge in [-0.15, -0.1) is 10.2 Å². The molecule has 0 spiro atoms. The van der Waals surface area contributed by atoms with E-state index in [1.54, 1.807) is 0 Å². The Kier molecular flexibility index (Phi) is 5.03. The Morgan fingerprint density at radius 2 is 2.09 bits per heavy atom. The van der Waals surface area contributed by atoms with Crippen molar-refractivity contribution in [2.24, 2.45) is 0 Å². The molecule has 2 heterocycles. The molecule has 0 aliphatic heterocycles. The number of urea groups is 1. The van der Waals surface area contributed by atoms with Crippen LogP contribution in [0.2, 0.25) is 0 Å². The maximum absolute atomic E-state index is 12.1. The molecule has 0 unspecified atom stereocenters. The minimum absolute atomic E-state index is 0.0892. The zero-order valence-corrected chi connectivity index (χ0v) is 15.3. The smallest absolute Gasteiger partial charge is 0.321 e. The number of anilines is 1. The van der Waals surface area contributed by atoms with Gasteiger partial charge in [-0.2, -0.15) is 5.10 Å². The highest BCUT2D eigenvalue weighted by atomic mass is 32.1. The lowest BCUT2D eigenvalue weighted by Crippen LogP contribution is -2.31. The van der Waals surface area contributed by atoms with Crippen molar-refractivity contribution in [3.05, 3.63) is 22.5 Å². The Hall–Kier alpha value is -1.96. The summed E-state index contributed by atoms with van der Waals surface area (Å²) in [4.78, 5) is 12.1. The first-order chi connectivity index (χ1) is 10.7. The van der Waals surface area contributed by atoms with Crippen LogP contribution >= 0.6 is 11.3 Å². The summed E-state index contributed by atoms with van der Waals surface area (Å²) in [6.45, 7) is 12.2. The van der Waals surface area contributed by atoms with E-state index in [9.17, 15) is 4.79 Å². The first-order valence-corrected chi connectivity index (χ1v) is 8.49. The monoisotopic (exact) mass is 336 g/mol. The van der Waals surface area contributed by atoms with Crippen LogP contribution in [-0.2, 0) is 12.0 Å². The first kappa shape index (κ1) is 17.4. The topological polar surface area (TPSA) is 84.7 Å². The van der Waals surface area contributed by atoms with Gasteiger partial charge >= 0.3 is 6.03 Å². The van der Waals surface area contributed by atoms with Gasteiger partial charge in [0.05, 0.1) is 17.3 Å². The zero-order valence-electron chi connectivity index (χ0n) is 14.5. The summed E-state index contributed by atoms with van der Waals surface area (Å²) in [5.74, 6) is 0. The summed E-state index contributed by atoms with van der Waals surface area (Å²) >= 11 is 1.38. The molecule has 8 heteroatoms. The molecule has 2 N–H and O–H groups in total. The Morgan fingerprint density at radius 1 is 1.39 bits per heavy atom. The van der Waals surface area contributed by atoms with Gasteiger partial charge in [0.25, 0.3) is 0 Å². The number of aromatic nitrogens is 4. The first-order valence-electron chi connectivity index (χ1n) is 7.67. The highest BCUT2D eigenvalue weighted by molar-refractivity contribution is 7.15. The molecular weight excluding hydrogens is 312 g/mol. The number of nitrogens with one attached hydrogen (secondary N) is 2. The summed E-state index contributed by atoms with van der Waals surface area (Å²) in [7, 11) is 0. The molecule has 0 bridgehead atoms. The fraction of sp³-hybridized carbons (Fsp3) is 0.600. The number of hydrogen-bond acceptors (Lipinski definition) is 5. The molecule has 0 fully saturated rings. The number of nitrogens with zero attached hydrogens (tertiary/aromatic N) is 4. The van der Waals surface area contributed by atoms with Crippen LogP contribution < -0.4 is 10.6 Å². The Bertz CT molecular complexity index is 684. The molecule has 0 saturated carbocycles. The van der Waals surface area contributed by atoms with Crippen LogP contribution in [0, 0.1) is 6.92 Å². The van der Waals surface area contributed by atoms with Gasteiger partial charge < -0.3 is 5.32 Å². The lowest BCUT2D eigenvalue weighted by molar-refractivity contribution is 0.249. The fourth-order valence-corrected chi connectivity index (χ4v) is 2.77. The minimum Gasteiger partial charge on any atom is -0.331 e. The van der Waals surface area contributed by atoms with Crippen molar-refractivity contribution in [1.29, 1.82) is 0 Å². The third kappa shape index (κ3) is 4.28. The van der Waals surface area contributed by atoms with Crippen LogP contribution in [0.25, 0.3) is 0 Å². The van der Waals surface area contributed by atoms with E-state index < -0.39 is 0 Å². The van der Waals surface area contributed by atoms with Crippen LogP contribution in [-0.4, -0.2) is 26.0 Å². The van der Waals surface area contributed by atoms with Gasteiger partial charge in [0.2, 0.25) is 5.13 Å². The molecule has 2 aromatic heterocycles. The molecule has 0 aliphatic rings. The Balaban J connectivity index is 2.02. The van der Waals surface area contributed by atoms with Gasteiger partial charge in [-0.1, -0.05) is 18.3 Å². The molecule has 2 aromatic rings. The molecule has 2 amide bonds. The highest BCUT2D eigenvalue weighted by Gasteiger charge is 2.20. The number of amides is 2. The molecule has 0 aliphatic carbocycles. The number of rotatable bonds is 4. The average Bonchev–Trinajstić information content (AvgIpc) is 3.04. The predicted molar refractivity (Wildman–Crippen MR) is 91.8 cm³/mol. The molecule has 2 rings (SSSR count). The van der Waals surface area contributed by atoms with Gasteiger partial charge in [-0.25, -0.2) is 4.79 Å². The second-order valence-electron chi connectivity index (χ2n) is 6.46. The van der Waals surface area contributed by atoms with Crippen LogP contribution in [0.4, 0.5) is 9.93 Å². The van der Waals surface area contributed by atoms with Crippen molar-refractivity contribution in [3.8, 4) is 0 Å². The Morgan fingerprint density at radius 3 is 2.61 bits per heavy atom. The summed E-state index contributed by atoms with van der Waals surface area (Å²) in [5, 5.41) is 19.5. The summed E-state index contributed by atoms with van der Waals surface area (Å²) in [6, 6.07) is -0.441. The van der Waals surface area contributed by atoms with Crippen molar-refractivity contribution < 1.29 is 4.79 Å². The van der Waals surface area contributed by atoms with Crippen molar-refractivity contribution in [2.45, 2.75) is 59.5 Å². The number of carbonyl (C=O) groups is 1. The van der Waals surface area contributed by atoms with Gasteiger partial charge in [0, 0.05) is 11.8 Å². The maximum atomic E-state index is 12.1. The lowest BCUT2D eigenvalue weighted by atomic mass is 10.1. The van der Waals surface area contributed by atoms with Gasteiger partial charge in [-0.3, -0.25) is 10.00 Å². The molecule has 0 radical (unpaired) electrons. The number of hydrogen-bond donors (Lipinski definition) is 2. The zero-order chi connectivity index (χ0) is 17.2. The molecule has 1 atom stereocenters. The second kappa shape index (κ2) is 6.66. The normalized spacial score (nSPS) is 13.0. The quantitative estimate of drug-likeness (QED) is 0.897. The SMILES string of the molecule is CCc1nnc(NC(=O)N[C@H](C)c2cn(C(C)(C)C)nc2C)s1. The van der Waals surface area contributed by atoms with Crippen LogP contribution in [0.5, 0.6) is 0 Å². The van der Waals surface area contributed by atoms with Crippen LogP contribution in [0.3, 0.4) is 0 Å². The predicted octanol–water partition coefficient (Wildman–Crippen LogP) is 3.24. The minimum atomic E-state index is -0.292. The average molecular weight is 336 g/mol. The summed E-state index contributed by atoms with van der Waals surface area (Å²) < 4.78 is 1.92. The maximum Gasteiger partial charge on any atom is 0.321 e. The molecule has 0 aromatic carbocycles. The van der Waals surface area contributed by atoms with E-state index >= 15 is 0 Å². The van der Waals surface area contributed by atoms with E-state index in [2.05, 4.69) is 46.7 Å². The van der Waals surface area contributed by atoms with E-state index in [4.69, 9.17) is 0 Å². The summed E-state index contributed by atoms with van der Waals surface area (Å²) in [6.07, 6.45) is 2.79. The largest absolute Gasteiger partial charge is 0.331 e. The third-order valence-electron chi connectivity index (χ3n) is 3.43. The van der Waals surface area contributed by atoms with Crippen LogP contribution in [0.15, 0.2) is 6.20 Å². The van der Waals surface area contributed by atoms with Crippen LogP contribution in [0.1, 0.15) is 56.9 Å². The molecular formula is C15H24N6OS. The van der Waals surface area contributed by atoms with Gasteiger partial charge in [0.15, 0.2) is 0 Å². The summed E-state index contributed by atoms with van der Waals surface area (Å²) in [5.41, 5.74) is 1.83. The van der Waals surface area contributed by atoms with E-state index in [-0.39, 0.29) is 17.6 Å². The third-order valence-corrected chi connectivity index (χ3v) is 4.41. The van der Waals surface area contributed by atoms with Crippen molar-refractivity contribution in [3.63, 3.8) is 0 Å². The number of carbonyl (C=O) groups excluding carboxylic acids is 1. The van der Waals surface area contributed by atoms with E-state index in [1.165, 1.54) is 11.3 Å². The van der Waals surface area contributed by atoms with E-state index in [0.29, 0.717) is 5.13 Å². The molecule has 7 nitrogen and oxygen atoms in total. The van der Waals surface area contributed by atoms with Crippen molar-refractivity contribution >= 4 is 22.5 Å². The fourth-order valence-electron chi connectivity index (χ4n) is 2.10. The van der Waals surface area contributed by atoms with Crippen molar-refractivity contribution in [1.82, 2.24) is 25.3 Å². The Labute approximate surface area is 140 Å². The van der Waals surface area contributed by atoms with Crippen molar-refractivity contribution in [2.75, 3.05) is 5.32 Å². The number of aryl methyl sites for hydroxylation is 2. The van der Waals surface area contributed by atoms with Gasteiger partial charge in [0.1, 0.15) is 5.01 Å². The second-order valence-corrected chi connectivity index (χ2v) is 7.52. The highest BCUT2D eigenvalue weighted by Crippen LogP contribution is 2.21. The standard InChI is InChI=1S/C15H24N6OS/c1-7-12-18-19-14(23-12)17-13(22)16-9(2)11-8-21(15(4,5)6)20-10(11)3/h8-9H,7H2,1-6H3,(H2,16,17,19,22)/t9-/m1/s1. The lowest BCUT2D eigenvalue weighted by Gasteiger charge is -2.19. The molecule has 23 heavy (non-hydrogen) atoms. The van der Waals surface area contributed by atoms with E-state index in [0.717, 1.165) is 22.7 Å².